The third kappa shape index (κ3) is 3.40. The van der Waals surface area contributed by atoms with Crippen molar-refractivity contribution >= 4 is 46.7 Å². The van der Waals surface area contributed by atoms with E-state index in [0.29, 0.717) is 12.0 Å². The molecule has 6 nitrogen and oxygen atoms in total. The summed E-state index contributed by atoms with van der Waals surface area (Å²) in [5, 5.41) is -0.740. The Hall–Kier alpha value is -1.73. The molecule has 0 N–H and O–H groups in total. The van der Waals surface area contributed by atoms with Crippen LogP contribution in [0.4, 0.5) is 4.39 Å². The number of ether oxygens (including phenoxy) is 2. The Morgan fingerprint density at radius 2 is 1.80 bits per heavy atom. The van der Waals surface area contributed by atoms with E-state index in [4.69, 9.17) is 32.7 Å². The van der Waals surface area contributed by atoms with Crippen LogP contribution in [0.25, 0.3) is 0 Å². The smallest absolute Gasteiger partial charge is 0.303 e. The van der Waals surface area contributed by atoms with Gasteiger partial charge in [-0.1, -0.05) is 26.8 Å². The van der Waals surface area contributed by atoms with Gasteiger partial charge in [0.15, 0.2) is 18.0 Å². The summed E-state index contributed by atoms with van der Waals surface area (Å²) in [4.78, 5) is 48.4. The van der Waals surface area contributed by atoms with Crippen molar-refractivity contribution in [2.24, 2.45) is 28.6 Å². The van der Waals surface area contributed by atoms with E-state index in [1.807, 2.05) is 20.8 Å². The number of halogens is 3. The fourth-order valence-electron chi connectivity index (χ4n) is 7.83. The largest absolute Gasteiger partial charge is 0.458 e. The van der Waals surface area contributed by atoms with Gasteiger partial charge in [-0.3, -0.25) is 19.2 Å². The van der Waals surface area contributed by atoms with Crippen LogP contribution < -0.4 is 0 Å². The van der Waals surface area contributed by atoms with E-state index in [1.165, 1.54) is 26.0 Å². The van der Waals surface area contributed by atoms with Crippen LogP contribution in [0.2, 0.25) is 0 Å². The molecule has 4 aliphatic rings. The standard InChI is InChI=1S/C26H31Cl2FO6/c1-13-8-17-18-10-20(29)19-9-16(32)6-7-23(19,4)25(18,28)21(27)11-24(17,5)26(13,35-15(3)31)22(33)12-34-14(2)30/h6-7,9,13,17-18,20-21H,8,10-12H2,1-5H3/t13-,17+,18+,20-,21+,23+,24+,25+,26+/m1/s1. The summed E-state index contributed by atoms with van der Waals surface area (Å²) < 4.78 is 26.6. The monoisotopic (exact) mass is 528 g/mol. The van der Waals surface area contributed by atoms with Crippen molar-refractivity contribution in [3.63, 3.8) is 0 Å². The average Bonchev–Trinajstić information content (AvgIpc) is 2.97. The highest BCUT2D eigenvalue weighted by Crippen LogP contribution is 2.73. The van der Waals surface area contributed by atoms with E-state index in [0.717, 1.165) is 0 Å². The molecule has 0 aliphatic heterocycles. The normalized spacial score (nSPS) is 46.1. The van der Waals surface area contributed by atoms with Crippen LogP contribution in [-0.4, -0.2) is 52.1 Å². The van der Waals surface area contributed by atoms with Crippen LogP contribution in [0.3, 0.4) is 0 Å². The van der Waals surface area contributed by atoms with Crippen LogP contribution >= 0.6 is 23.2 Å². The molecule has 0 amide bonds. The predicted octanol–water partition coefficient (Wildman–Crippen LogP) is 4.50. The molecule has 0 aromatic carbocycles. The summed E-state index contributed by atoms with van der Waals surface area (Å²) in [7, 11) is 0. The first-order valence-electron chi connectivity index (χ1n) is 11.9. The zero-order valence-electron chi connectivity index (χ0n) is 20.5. The lowest BCUT2D eigenvalue weighted by atomic mass is 9.46. The fourth-order valence-corrected chi connectivity index (χ4v) is 9.03. The Bertz CT molecular complexity index is 1060. The Labute approximate surface area is 214 Å². The zero-order valence-corrected chi connectivity index (χ0v) is 22.0. The van der Waals surface area contributed by atoms with Gasteiger partial charge >= 0.3 is 11.9 Å². The molecule has 9 heteroatoms. The minimum absolute atomic E-state index is 0.0382. The minimum atomic E-state index is -1.61. The van der Waals surface area contributed by atoms with Gasteiger partial charge in [0.1, 0.15) is 6.17 Å². The summed E-state index contributed by atoms with van der Waals surface area (Å²) in [6.07, 6.45) is 3.68. The van der Waals surface area contributed by atoms with Gasteiger partial charge < -0.3 is 9.47 Å². The molecule has 35 heavy (non-hydrogen) atoms. The second kappa shape index (κ2) is 8.41. The molecule has 0 spiro atoms. The van der Waals surface area contributed by atoms with Crippen LogP contribution in [-0.2, 0) is 28.7 Å². The highest BCUT2D eigenvalue weighted by molar-refractivity contribution is 6.34. The first-order chi connectivity index (χ1) is 16.1. The van der Waals surface area contributed by atoms with E-state index >= 15 is 4.39 Å². The SMILES string of the molecule is CC(=O)OCC(=O)[C@@]1(OC(C)=O)[C@H](C)C[C@H]2[C@@H]3C[C@@H](F)C4=CC(=O)C=C[C@]4(C)[C@@]3(Cl)[C@@H](Cl)C[C@@]21C. The Morgan fingerprint density at radius 1 is 1.14 bits per heavy atom. The summed E-state index contributed by atoms with van der Waals surface area (Å²) in [5.41, 5.74) is -3.26. The highest BCUT2D eigenvalue weighted by Gasteiger charge is 2.77. The number of carbonyl (C=O) groups is 4. The second-order valence-electron chi connectivity index (χ2n) is 11.0. The van der Waals surface area contributed by atoms with Gasteiger partial charge in [-0.15, -0.1) is 23.2 Å². The maximum absolute atomic E-state index is 15.7. The summed E-state index contributed by atoms with van der Waals surface area (Å²) >= 11 is 14.5. The topological polar surface area (TPSA) is 86.7 Å². The molecule has 3 saturated carbocycles. The number of alkyl halides is 3. The third-order valence-corrected chi connectivity index (χ3v) is 10.8. The van der Waals surface area contributed by atoms with Crippen LogP contribution in [0.1, 0.15) is 53.9 Å². The quantitative estimate of drug-likeness (QED) is 0.394. The summed E-state index contributed by atoms with van der Waals surface area (Å²) in [6, 6.07) is 0. The molecule has 192 valence electrons. The van der Waals surface area contributed by atoms with Crippen molar-refractivity contribution in [1.82, 2.24) is 0 Å². The third-order valence-electron chi connectivity index (χ3n) is 9.25. The van der Waals surface area contributed by atoms with Crippen molar-refractivity contribution in [3.05, 3.63) is 23.8 Å². The van der Waals surface area contributed by atoms with Crippen LogP contribution in [0.15, 0.2) is 23.8 Å². The van der Waals surface area contributed by atoms with Gasteiger partial charge in [0.05, 0.1) is 10.3 Å². The molecule has 0 radical (unpaired) electrons. The maximum Gasteiger partial charge on any atom is 0.303 e. The van der Waals surface area contributed by atoms with E-state index in [2.05, 4.69) is 0 Å². The summed E-state index contributed by atoms with van der Waals surface area (Å²) in [5.74, 6) is -3.30. The minimum Gasteiger partial charge on any atom is -0.458 e. The molecular weight excluding hydrogens is 498 g/mol. The molecular formula is C26H31Cl2FO6. The van der Waals surface area contributed by atoms with E-state index < -0.39 is 69.0 Å². The number of ketones is 2. The first kappa shape index (κ1) is 26.3. The number of hydrogen-bond acceptors (Lipinski definition) is 6. The van der Waals surface area contributed by atoms with Crippen molar-refractivity contribution in [2.45, 2.75) is 75.9 Å². The summed E-state index contributed by atoms with van der Waals surface area (Å²) in [6.45, 7) is 7.37. The number of fused-ring (bicyclic) bond motifs is 5. The van der Waals surface area contributed by atoms with Crippen molar-refractivity contribution in [3.8, 4) is 0 Å². The molecule has 4 rings (SSSR count). The van der Waals surface area contributed by atoms with E-state index in [9.17, 15) is 19.2 Å². The molecule has 0 heterocycles. The number of esters is 2. The number of hydrogen-bond donors (Lipinski definition) is 0. The van der Waals surface area contributed by atoms with E-state index in [1.54, 1.807) is 6.08 Å². The lowest BCUT2D eigenvalue weighted by Crippen LogP contribution is -2.69. The average molecular weight is 529 g/mol. The van der Waals surface area contributed by atoms with Crippen LogP contribution in [0, 0.1) is 28.6 Å². The fraction of sp³-hybridized carbons (Fsp3) is 0.692. The number of carbonyl (C=O) groups excluding carboxylic acids is 4. The van der Waals surface area contributed by atoms with Gasteiger partial charge in [0.25, 0.3) is 0 Å². The van der Waals surface area contributed by atoms with Crippen molar-refractivity contribution in [1.29, 1.82) is 0 Å². The Morgan fingerprint density at radius 3 is 2.40 bits per heavy atom. The number of Topliss-reactive ketones (excluding diaryl/α,β-unsaturated/α-hetero) is 1. The van der Waals surface area contributed by atoms with Gasteiger partial charge in [-0.25, -0.2) is 4.39 Å². The molecule has 9 atom stereocenters. The van der Waals surface area contributed by atoms with Crippen molar-refractivity contribution < 1.29 is 33.0 Å². The van der Waals surface area contributed by atoms with Gasteiger partial charge in [-0.05, 0) is 48.8 Å². The molecule has 0 aromatic heterocycles. The molecule has 3 fully saturated rings. The Balaban J connectivity index is 1.85. The van der Waals surface area contributed by atoms with Crippen molar-refractivity contribution in [2.75, 3.05) is 6.61 Å². The lowest BCUT2D eigenvalue weighted by molar-refractivity contribution is -0.195. The zero-order chi connectivity index (χ0) is 26.1. The van der Waals surface area contributed by atoms with Crippen LogP contribution in [0.5, 0.6) is 0 Å². The molecule has 0 unspecified atom stereocenters. The Kier molecular flexibility index (Phi) is 6.32. The maximum atomic E-state index is 15.7. The van der Waals surface area contributed by atoms with E-state index in [-0.39, 0.29) is 24.5 Å². The first-order valence-corrected chi connectivity index (χ1v) is 12.7. The molecule has 0 saturated heterocycles. The number of rotatable bonds is 4. The second-order valence-corrected chi connectivity index (χ2v) is 12.1. The number of allylic oxidation sites excluding steroid dienone is 4. The molecule has 0 aromatic rings. The van der Waals surface area contributed by atoms with Gasteiger partial charge in [-0.2, -0.15) is 0 Å². The van der Waals surface area contributed by atoms with Gasteiger partial charge in [0, 0.05) is 30.6 Å². The molecule has 0 bridgehead atoms. The lowest BCUT2D eigenvalue weighted by Gasteiger charge is -2.64. The molecule has 4 aliphatic carbocycles. The highest BCUT2D eigenvalue weighted by atomic mass is 35.5. The van der Waals surface area contributed by atoms with Gasteiger partial charge in [0.2, 0.25) is 5.78 Å². The predicted molar refractivity (Wildman–Crippen MR) is 128 cm³/mol.